The number of fused-ring (bicyclic) bond motifs is 3. The van der Waals surface area contributed by atoms with Crippen LogP contribution in [0.25, 0.3) is 0 Å². The van der Waals surface area contributed by atoms with E-state index >= 15 is 0 Å². The average Bonchev–Trinajstić information content (AvgIpc) is 3.22. The van der Waals surface area contributed by atoms with E-state index in [-0.39, 0.29) is 23.4 Å². The SMILES string of the molecule is CCOC(=O)C1=NOC2(c3ccc(OC)cc3)CC(c3ccc([N+](=O)[O-])cc3)Sc3ccccc3N12. The summed E-state index contributed by atoms with van der Waals surface area (Å²) in [6, 6.07) is 21.7. The molecule has 3 aromatic rings. The molecule has 0 fully saturated rings. The van der Waals surface area contributed by atoms with E-state index in [1.165, 1.54) is 12.1 Å². The Hall–Kier alpha value is -4.05. The summed E-state index contributed by atoms with van der Waals surface area (Å²) < 4.78 is 10.7. The van der Waals surface area contributed by atoms with Gasteiger partial charge in [0.1, 0.15) is 5.75 Å². The van der Waals surface area contributed by atoms with Crippen molar-refractivity contribution in [3.63, 3.8) is 0 Å². The zero-order valence-corrected chi connectivity index (χ0v) is 20.4. The van der Waals surface area contributed by atoms with E-state index in [9.17, 15) is 14.9 Å². The predicted molar refractivity (Wildman–Crippen MR) is 135 cm³/mol. The molecule has 0 aromatic heterocycles. The number of amidine groups is 1. The number of non-ortho nitro benzene ring substituents is 1. The van der Waals surface area contributed by atoms with Gasteiger partial charge in [0.2, 0.25) is 5.72 Å². The molecule has 2 aliphatic rings. The number of carbonyl (C=O) groups is 1. The number of esters is 1. The number of carbonyl (C=O) groups excluding carboxylic acids is 1. The van der Waals surface area contributed by atoms with Crippen molar-refractivity contribution in [2.24, 2.45) is 5.16 Å². The Labute approximate surface area is 211 Å². The molecule has 0 saturated carbocycles. The van der Waals surface area contributed by atoms with E-state index in [4.69, 9.17) is 14.3 Å². The molecule has 0 N–H and O–H groups in total. The number of rotatable bonds is 6. The van der Waals surface area contributed by atoms with Gasteiger partial charge < -0.3 is 14.3 Å². The minimum Gasteiger partial charge on any atom is -0.497 e. The molecule has 2 atom stereocenters. The summed E-state index contributed by atoms with van der Waals surface area (Å²) in [5.74, 6) is 0.160. The lowest BCUT2D eigenvalue weighted by atomic mass is 9.92. The summed E-state index contributed by atoms with van der Waals surface area (Å²) >= 11 is 1.61. The van der Waals surface area contributed by atoms with Gasteiger partial charge in [-0.1, -0.05) is 29.4 Å². The molecule has 0 bridgehead atoms. The number of nitrogens with zero attached hydrogens (tertiary/aromatic N) is 3. The maximum atomic E-state index is 13.0. The molecule has 10 heteroatoms. The molecule has 3 aromatic carbocycles. The normalized spacial score (nSPS) is 20.3. The van der Waals surface area contributed by atoms with Gasteiger partial charge in [-0.3, -0.25) is 15.0 Å². The molecule has 184 valence electrons. The van der Waals surface area contributed by atoms with Gasteiger partial charge in [-0.2, -0.15) is 0 Å². The van der Waals surface area contributed by atoms with Crippen molar-refractivity contribution >= 4 is 34.9 Å². The van der Waals surface area contributed by atoms with Gasteiger partial charge in [-0.25, -0.2) is 4.79 Å². The minimum atomic E-state index is -1.17. The number of thioether (sulfide) groups is 1. The largest absolute Gasteiger partial charge is 0.497 e. The molecular formula is C26H23N3O6S. The topological polar surface area (TPSA) is 104 Å². The number of nitro benzene ring substituents is 1. The zero-order valence-electron chi connectivity index (χ0n) is 19.6. The van der Waals surface area contributed by atoms with Crippen molar-refractivity contribution in [2.75, 3.05) is 18.6 Å². The van der Waals surface area contributed by atoms with Crippen molar-refractivity contribution < 1.29 is 24.0 Å². The highest BCUT2D eigenvalue weighted by Gasteiger charge is 2.54. The van der Waals surface area contributed by atoms with E-state index in [0.717, 1.165) is 21.7 Å². The van der Waals surface area contributed by atoms with Crippen molar-refractivity contribution in [1.82, 2.24) is 0 Å². The van der Waals surface area contributed by atoms with Crippen molar-refractivity contribution in [3.05, 3.63) is 94.0 Å². The van der Waals surface area contributed by atoms with Gasteiger partial charge in [0, 0.05) is 34.3 Å². The summed E-state index contributed by atoms with van der Waals surface area (Å²) in [7, 11) is 1.59. The summed E-state index contributed by atoms with van der Waals surface area (Å²) in [5.41, 5.74) is 1.28. The molecule has 0 saturated heterocycles. The van der Waals surface area contributed by atoms with Crippen molar-refractivity contribution in [2.45, 2.75) is 29.2 Å². The maximum Gasteiger partial charge on any atom is 0.378 e. The van der Waals surface area contributed by atoms with E-state index in [2.05, 4.69) is 5.16 Å². The fraction of sp³-hybridized carbons (Fsp3) is 0.231. The molecule has 2 heterocycles. The van der Waals surface area contributed by atoms with Crippen LogP contribution in [0.2, 0.25) is 0 Å². The van der Waals surface area contributed by atoms with E-state index in [1.807, 2.05) is 48.5 Å². The Bertz CT molecular complexity index is 1330. The highest BCUT2D eigenvalue weighted by molar-refractivity contribution is 7.99. The molecule has 0 aliphatic carbocycles. The van der Waals surface area contributed by atoms with Crippen LogP contribution in [0.15, 0.2) is 82.8 Å². The van der Waals surface area contributed by atoms with Crippen LogP contribution in [-0.2, 0) is 20.1 Å². The van der Waals surface area contributed by atoms with Gasteiger partial charge in [-0.05, 0) is 48.9 Å². The van der Waals surface area contributed by atoms with E-state index < -0.39 is 16.6 Å². The number of methoxy groups -OCH3 is 1. The lowest BCUT2D eigenvalue weighted by molar-refractivity contribution is -0.384. The van der Waals surface area contributed by atoms with Gasteiger partial charge in [0.25, 0.3) is 11.5 Å². The third-order valence-electron chi connectivity index (χ3n) is 6.17. The molecule has 2 aliphatic heterocycles. The number of hydrogen-bond acceptors (Lipinski definition) is 9. The van der Waals surface area contributed by atoms with Crippen LogP contribution in [0.4, 0.5) is 11.4 Å². The number of benzene rings is 3. The quantitative estimate of drug-likeness (QED) is 0.249. The summed E-state index contributed by atoms with van der Waals surface area (Å²) in [5, 5.41) is 15.3. The number of nitro groups is 1. The van der Waals surface area contributed by atoms with Gasteiger partial charge in [-0.15, -0.1) is 11.8 Å². The maximum absolute atomic E-state index is 13.0. The van der Waals surface area contributed by atoms with Crippen LogP contribution in [-0.4, -0.2) is 30.4 Å². The first-order chi connectivity index (χ1) is 17.5. The first kappa shape index (κ1) is 23.7. The van der Waals surface area contributed by atoms with Crippen LogP contribution < -0.4 is 9.64 Å². The lowest BCUT2D eigenvalue weighted by Crippen LogP contribution is -2.49. The average molecular weight is 506 g/mol. The Kier molecular flexibility index (Phi) is 6.27. The van der Waals surface area contributed by atoms with Crippen LogP contribution in [0, 0.1) is 10.1 Å². The van der Waals surface area contributed by atoms with Crippen LogP contribution in [0.5, 0.6) is 5.75 Å². The fourth-order valence-electron chi connectivity index (χ4n) is 4.47. The lowest BCUT2D eigenvalue weighted by Gasteiger charge is -2.37. The molecule has 5 rings (SSSR count). The fourth-order valence-corrected chi connectivity index (χ4v) is 5.81. The smallest absolute Gasteiger partial charge is 0.378 e. The number of ether oxygens (including phenoxy) is 2. The second kappa shape index (κ2) is 9.54. The van der Waals surface area contributed by atoms with Crippen molar-refractivity contribution in [1.29, 1.82) is 0 Å². The van der Waals surface area contributed by atoms with E-state index in [0.29, 0.717) is 12.2 Å². The van der Waals surface area contributed by atoms with Crippen LogP contribution >= 0.6 is 11.8 Å². The zero-order chi connectivity index (χ0) is 25.3. The first-order valence-corrected chi connectivity index (χ1v) is 12.2. The Morgan fingerprint density at radius 3 is 2.56 bits per heavy atom. The van der Waals surface area contributed by atoms with Crippen molar-refractivity contribution in [3.8, 4) is 5.75 Å². The molecule has 0 spiro atoms. The molecule has 36 heavy (non-hydrogen) atoms. The van der Waals surface area contributed by atoms with Gasteiger partial charge >= 0.3 is 5.97 Å². The predicted octanol–water partition coefficient (Wildman–Crippen LogP) is 5.41. The summed E-state index contributed by atoms with van der Waals surface area (Å²) in [4.78, 5) is 32.7. The highest BCUT2D eigenvalue weighted by Crippen LogP contribution is 2.55. The number of para-hydroxylation sites is 1. The van der Waals surface area contributed by atoms with E-state index in [1.54, 1.807) is 42.8 Å². The molecule has 9 nitrogen and oxygen atoms in total. The van der Waals surface area contributed by atoms with Crippen LogP contribution in [0.1, 0.15) is 29.7 Å². The Morgan fingerprint density at radius 2 is 1.89 bits per heavy atom. The van der Waals surface area contributed by atoms with Crippen LogP contribution in [0.3, 0.4) is 0 Å². The molecule has 0 amide bonds. The number of hydrogen-bond donors (Lipinski definition) is 0. The second-order valence-electron chi connectivity index (χ2n) is 8.20. The monoisotopic (exact) mass is 505 g/mol. The Morgan fingerprint density at radius 1 is 1.17 bits per heavy atom. The standard InChI is InChI=1S/C26H23N3O6S/c1-3-34-25(30)24-27-35-26(18-10-14-20(33-2)15-11-18)16-23(17-8-12-19(13-9-17)29(31)32)36-22-7-5-4-6-21(22)28(24)26/h4-15,23H,3,16H2,1-2H3. The van der Waals surface area contributed by atoms with Gasteiger partial charge in [0.05, 0.1) is 24.3 Å². The number of oxime groups is 1. The molecule has 0 radical (unpaired) electrons. The molecular weight excluding hydrogens is 482 g/mol. The minimum absolute atomic E-state index is 0.0225. The number of anilines is 1. The second-order valence-corrected chi connectivity index (χ2v) is 9.45. The first-order valence-electron chi connectivity index (χ1n) is 11.3. The Balaban J connectivity index is 1.68. The molecule has 2 unspecified atom stereocenters. The summed E-state index contributed by atoms with van der Waals surface area (Å²) in [6.45, 7) is 1.94. The highest BCUT2D eigenvalue weighted by atomic mass is 32.2. The third kappa shape index (κ3) is 4.03. The third-order valence-corrected chi connectivity index (χ3v) is 7.49. The summed E-state index contributed by atoms with van der Waals surface area (Å²) in [6.07, 6.45) is 0.392. The van der Waals surface area contributed by atoms with Gasteiger partial charge in [0.15, 0.2) is 0 Å².